The third kappa shape index (κ3) is 5.43. The van der Waals surface area contributed by atoms with Crippen LogP contribution in [0.3, 0.4) is 0 Å². The molecule has 1 atom stereocenters. The van der Waals surface area contributed by atoms with Crippen molar-refractivity contribution in [1.29, 1.82) is 0 Å². The van der Waals surface area contributed by atoms with Crippen molar-refractivity contribution >= 4 is 11.9 Å². The van der Waals surface area contributed by atoms with Gasteiger partial charge in [0.1, 0.15) is 6.04 Å². The minimum atomic E-state index is -0.682. The molecule has 0 fully saturated rings. The highest BCUT2D eigenvalue weighted by atomic mass is 16.5. The molecule has 0 saturated heterocycles. The molecule has 0 aromatic heterocycles. The predicted octanol–water partition coefficient (Wildman–Crippen LogP) is 3.35. The average Bonchev–Trinajstić information content (AvgIpc) is 2.61. The summed E-state index contributed by atoms with van der Waals surface area (Å²) in [5, 5.41) is 0. The van der Waals surface area contributed by atoms with Crippen LogP contribution in [0.25, 0.3) is 11.1 Å². The van der Waals surface area contributed by atoms with Gasteiger partial charge in [-0.3, -0.25) is 4.79 Å². The van der Waals surface area contributed by atoms with Crippen LogP contribution < -0.4 is 5.73 Å². The van der Waals surface area contributed by atoms with Crippen LogP contribution in [0.2, 0.25) is 0 Å². The van der Waals surface area contributed by atoms with Crippen LogP contribution >= 0.6 is 0 Å². The van der Waals surface area contributed by atoms with Gasteiger partial charge < -0.3 is 15.2 Å². The lowest BCUT2D eigenvalue weighted by Crippen LogP contribution is -2.34. The summed E-state index contributed by atoms with van der Waals surface area (Å²) in [7, 11) is 0. The van der Waals surface area contributed by atoms with E-state index in [0.717, 1.165) is 16.7 Å². The van der Waals surface area contributed by atoms with E-state index < -0.39 is 12.0 Å². The summed E-state index contributed by atoms with van der Waals surface area (Å²) < 4.78 is 10.1. The van der Waals surface area contributed by atoms with E-state index in [1.54, 1.807) is 19.1 Å². The second kappa shape index (κ2) is 9.15. The molecule has 0 amide bonds. The number of esters is 2. The molecule has 0 radical (unpaired) electrons. The fourth-order valence-electron chi connectivity index (χ4n) is 2.55. The van der Waals surface area contributed by atoms with Crippen LogP contribution in [0, 0.1) is 0 Å². The molecule has 1 unspecified atom stereocenters. The maximum Gasteiger partial charge on any atom is 0.338 e. The Bertz CT molecular complexity index is 753. The molecule has 2 rings (SSSR count). The third-order valence-corrected chi connectivity index (χ3v) is 3.77. The van der Waals surface area contributed by atoms with Gasteiger partial charge in [0, 0.05) is 0 Å². The molecule has 5 heteroatoms. The number of hydrogen-bond acceptors (Lipinski definition) is 5. The van der Waals surface area contributed by atoms with Gasteiger partial charge in [-0.1, -0.05) is 36.4 Å². The monoisotopic (exact) mass is 355 g/mol. The molecule has 5 nitrogen and oxygen atoms in total. The largest absolute Gasteiger partial charge is 0.465 e. The van der Waals surface area contributed by atoms with E-state index in [9.17, 15) is 9.59 Å². The van der Waals surface area contributed by atoms with Gasteiger partial charge in [-0.15, -0.1) is 0 Å². The van der Waals surface area contributed by atoms with Gasteiger partial charge in [0.05, 0.1) is 18.3 Å². The first-order valence-corrected chi connectivity index (χ1v) is 8.73. The fraction of sp³-hybridized carbons (Fsp3) is 0.333. The maximum atomic E-state index is 11.9. The Morgan fingerprint density at radius 2 is 1.73 bits per heavy atom. The van der Waals surface area contributed by atoms with Gasteiger partial charge >= 0.3 is 11.9 Å². The Morgan fingerprint density at radius 1 is 1.04 bits per heavy atom. The number of hydrogen-bond donors (Lipinski definition) is 1. The highest BCUT2D eigenvalue weighted by Crippen LogP contribution is 2.22. The molecule has 0 spiro atoms. The van der Waals surface area contributed by atoms with Crippen LogP contribution in [0.5, 0.6) is 0 Å². The first-order valence-electron chi connectivity index (χ1n) is 8.73. The molecular formula is C21H25NO4. The highest BCUT2D eigenvalue weighted by molar-refractivity contribution is 5.90. The molecule has 0 saturated carbocycles. The number of carbonyl (C=O) groups is 2. The molecule has 0 aliphatic rings. The summed E-state index contributed by atoms with van der Waals surface area (Å²) in [6, 6.07) is 14.4. The van der Waals surface area contributed by atoms with Crippen molar-refractivity contribution in [3.05, 3.63) is 59.7 Å². The lowest BCUT2D eigenvalue weighted by atomic mass is 9.99. The highest BCUT2D eigenvalue weighted by Gasteiger charge is 2.15. The zero-order valence-electron chi connectivity index (χ0n) is 15.4. The lowest BCUT2D eigenvalue weighted by Gasteiger charge is -2.12. The van der Waals surface area contributed by atoms with Gasteiger partial charge in [0.25, 0.3) is 0 Å². The summed E-state index contributed by atoms with van der Waals surface area (Å²) in [6.07, 6.45) is 0.258. The van der Waals surface area contributed by atoms with Crippen LogP contribution in [-0.4, -0.2) is 30.7 Å². The Morgan fingerprint density at radius 3 is 2.35 bits per heavy atom. The molecule has 2 N–H and O–H groups in total. The number of rotatable bonds is 7. The van der Waals surface area contributed by atoms with Gasteiger partial charge in [0.15, 0.2) is 0 Å². The van der Waals surface area contributed by atoms with Crippen LogP contribution in [0.4, 0.5) is 0 Å². The molecule has 138 valence electrons. The number of ether oxygens (including phenoxy) is 2. The van der Waals surface area contributed by atoms with E-state index in [-0.39, 0.29) is 12.1 Å². The van der Waals surface area contributed by atoms with Gasteiger partial charge in [0.2, 0.25) is 0 Å². The van der Waals surface area contributed by atoms with Crippen molar-refractivity contribution in [2.24, 2.45) is 5.73 Å². The first kappa shape index (κ1) is 19.7. The van der Waals surface area contributed by atoms with Crippen LogP contribution in [-0.2, 0) is 20.7 Å². The Labute approximate surface area is 154 Å². The standard InChI is InChI=1S/C21H25NO4/c1-4-25-21(24)19(22)13-15-6-5-7-18(12-15)16-8-10-17(11-9-16)20(23)26-14(2)3/h5-12,14,19H,4,13,22H2,1-3H3. The van der Waals surface area contributed by atoms with Crippen LogP contribution in [0.15, 0.2) is 48.5 Å². The van der Waals surface area contributed by atoms with Crippen molar-refractivity contribution in [2.45, 2.75) is 39.3 Å². The zero-order valence-corrected chi connectivity index (χ0v) is 15.4. The van der Waals surface area contributed by atoms with Gasteiger partial charge in [-0.05, 0) is 56.0 Å². The van der Waals surface area contributed by atoms with E-state index in [2.05, 4.69) is 0 Å². The topological polar surface area (TPSA) is 78.6 Å². The summed E-state index contributed by atoms with van der Waals surface area (Å²) in [5.74, 6) is -0.730. The molecular weight excluding hydrogens is 330 g/mol. The second-order valence-electron chi connectivity index (χ2n) is 6.29. The molecule has 0 heterocycles. The first-order chi connectivity index (χ1) is 12.4. The average molecular weight is 355 g/mol. The fourth-order valence-corrected chi connectivity index (χ4v) is 2.55. The summed E-state index contributed by atoms with van der Waals surface area (Å²) in [5.41, 5.74) is 9.32. The summed E-state index contributed by atoms with van der Waals surface area (Å²) in [6.45, 7) is 5.71. The molecule has 0 bridgehead atoms. The minimum absolute atomic E-state index is 0.150. The maximum absolute atomic E-state index is 11.9. The van der Waals surface area contributed by atoms with E-state index in [4.69, 9.17) is 15.2 Å². The van der Waals surface area contributed by atoms with Crippen molar-refractivity contribution in [1.82, 2.24) is 0 Å². The molecule has 2 aromatic rings. The van der Waals surface area contributed by atoms with Crippen molar-refractivity contribution < 1.29 is 19.1 Å². The van der Waals surface area contributed by atoms with Gasteiger partial charge in [-0.2, -0.15) is 0 Å². The minimum Gasteiger partial charge on any atom is -0.465 e. The van der Waals surface area contributed by atoms with Crippen molar-refractivity contribution in [3.8, 4) is 11.1 Å². The quantitative estimate of drug-likeness (QED) is 0.771. The molecule has 2 aromatic carbocycles. The van der Waals surface area contributed by atoms with E-state index in [1.165, 1.54) is 0 Å². The predicted molar refractivity (Wildman–Crippen MR) is 101 cm³/mol. The number of benzene rings is 2. The summed E-state index contributed by atoms with van der Waals surface area (Å²) in [4.78, 5) is 23.6. The van der Waals surface area contributed by atoms with Crippen molar-refractivity contribution in [2.75, 3.05) is 6.61 Å². The SMILES string of the molecule is CCOC(=O)C(N)Cc1cccc(-c2ccc(C(=O)OC(C)C)cc2)c1. The van der Waals surface area contributed by atoms with Crippen LogP contribution in [0.1, 0.15) is 36.7 Å². The Hall–Kier alpha value is -2.66. The number of carbonyl (C=O) groups excluding carboxylic acids is 2. The second-order valence-corrected chi connectivity index (χ2v) is 6.29. The molecule has 0 aliphatic heterocycles. The Balaban J connectivity index is 2.12. The zero-order chi connectivity index (χ0) is 19.1. The van der Waals surface area contributed by atoms with E-state index in [0.29, 0.717) is 18.6 Å². The summed E-state index contributed by atoms with van der Waals surface area (Å²) >= 11 is 0. The molecule has 26 heavy (non-hydrogen) atoms. The van der Waals surface area contributed by atoms with Gasteiger partial charge in [-0.25, -0.2) is 4.79 Å². The lowest BCUT2D eigenvalue weighted by molar-refractivity contribution is -0.144. The molecule has 0 aliphatic carbocycles. The van der Waals surface area contributed by atoms with E-state index in [1.807, 2.05) is 50.2 Å². The van der Waals surface area contributed by atoms with E-state index >= 15 is 0 Å². The Kier molecular flexibility index (Phi) is 6.92. The van der Waals surface area contributed by atoms with Crippen molar-refractivity contribution in [3.63, 3.8) is 0 Å². The third-order valence-electron chi connectivity index (χ3n) is 3.77. The number of nitrogens with two attached hydrogens (primary N) is 1. The normalized spacial score (nSPS) is 11.9. The smallest absolute Gasteiger partial charge is 0.338 e.